The molecule has 2 heteroatoms. The number of hydrogen-bond acceptors (Lipinski definition) is 2. The molecular formula is C18H19NO. The van der Waals surface area contributed by atoms with Crippen molar-refractivity contribution in [2.45, 2.75) is 25.8 Å². The van der Waals surface area contributed by atoms with E-state index in [1.54, 1.807) is 0 Å². The lowest BCUT2D eigenvalue weighted by Crippen LogP contribution is -2.30. The number of aryl methyl sites for hydroxylation is 1. The fourth-order valence-electron chi connectivity index (χ4n) is 3.24. The van der Waals surface area contributed by atoms with Crippen LogP contribution >= 0.6 is 0 Å². The Morgan fingerprint density at radius 3 is 2.75 bits per heavy atom. The monoisotopic (exact) mass is 265 g/mol. The first kappa shape index (κ1) is 11.8. The summed E-state index contributed by atoms with van der Waals surface area (Å²) in [6.07, 6.45) is 3.43. The zero-order valence-electron chi connectivity index (χ0n) is 11.6. The lowest BCUT2D eigenvalue weighted by Gasteiger charge is -2.31. The summed E-state index contributed by atoms with van der Waals surface area (Å²) in [6, 6.07) is 15.5. The molecule has 0 aromatic heterocycles. The third kappa shape index (κ3) is 2.05. The molecule has 2 aromatic rings. The quantitative estimate of drug-likeness (QED) is 0.781. The molecule has 0 saturated carbocycles. The molecule has 2 nitrogen and oxygen atoms in total. The van der Waals surface area contributed by atoms with Gasteiger partial charge < -0.3 is 9.64 Å². The second kappa shape index (κ2) is 4.86. The summed E-state index contributed by atoms with van der Waals surface area (Å²) in [7, 11) is 0. The molecule has 2 aromatic carbocycles. The smallest absolute Gasteiger partial charge is 0.124 e. The Balaban J connectivity index is 1.63. The van der Waals surface area contributed by atoms with E-state index in [2.05, 4.69) is 47.4 Å². The Kier molecular flexibility index (Phi) is 2.87. The molecule has 0 radical (unpaired) electrons. The number of benzene rings is 2. The Hall–Kier alpha value is -1.96. The number of fused-ring (bicyclic) bond motifs is 2. The van der Waals surface area contributed by atoms with Gasteiger partial charge in [0.2, 0.25) is 0 Å². The van der Waals surface area contributed by atoms with E-state index in [-0.39, 0.29) is 0 Å². The Bertz CT molecular complexity index is 635. The summed E-state index contributed by atoms with van der Waals surface area (Å²) in [5.41, 5.74) is 5.60. The SMILES string of the molecule is c1ccc2c(c1)CCN(c1ccc3c(c1)OCCC3)C2. The summed E-state index contributed by atoms with van der Waals surface area (Å²) < 4.78 is 5.80. The van der Waals surface area contributed by atoms with Gasteiger partial charge in [-0.25, -0.2) is 0 Å². The number of nitrogens with zero attached hydrogens (tertiary/aromatic N) is 1. The van der Waals surface area contributed by atoms with Gasteiger partial charge in [-0.2, -0.15) is 0 Å². The maximum atomic E-state index is 5.80. The standard InChI is InChI=1S/C18H19NO/c1-2-5-16-13-19(10-9-14(16)4-1)17-8-7-15-6-3-11-20-18(15)12-17/h1-2,4-5,7-8,12H,3,6,9-11,13H2. The second-order valence-electron chi connectivity index (χ2n) is 5.68. The highest BCUT2D eigenvalue weighted by Crippen LogP contribution is 2.32. The lowest BCUT2D eigenvalue weighted by atomic mass is 9.99. The summed E-state index contributed by atoms with van der Waals surface area (Å²) in [5, 5.41) is 0. The zero-order chi connectivity index (χ0) is 13.4. The minimum atomic E-state index is 0.860. The molecule has 0 atom stereocenters. The van der Waals surface area contributed by atoms with Gasteiger partial charge in [-0.3, -0.25) is 0 Å². The van der Waals surface area contributed by atoms with Gasteiger partial charge in [0, 0.05) is 24.8 Å². The highest BCUT2D eigenvalue weighted by Gasteiger charge is 2.18. The molecule has 0 aliphatic carbocycles. The van der Waals surface area contributed by atoms with E-state index in [0.29, 0.717) is 0 Å². The van der Waals surface area contributed by atoms with Crippen LogP contribution in [0.2, 0.25) is 0 Å². The van der Waals surface area contributed by atoms with Crippen LogP contribution in [0.4, 0.5) is 5.69 Å². The normalized spacial score (nSPS) is 17.1. The Morgan fingerprint density at radius 2 is 1.80 bits per heavy atom. The van der Waals surface area contributed by atoms with Crippen LogP contribution in [0.25, 0.3) is 0 Å². The van der Waals surface area contributed by atoms with Gasteiger partial charge in [0.05, 0.1) is 6.61 Å². The molecule has 0 spiro atoms. The molecule has 0 amide bonds. The van der Waals surface area contributed by atoms with Crippen molar-refractivity contribution in [3.63, 3.8) is 0 Å². The highest BCUT2D eigenvalue weighted by molar-refractivity contribution is 5.56. The van der Waals surface area contributed by atoms with E-state index in [4.69, 9.17) is 4.74 Å². The molecule has 4 rings (SSSR count). The van der Waals surface area contributed by atoms with Crippen molar-refractivity contribution in [3.05, 3.63) is 59.2 Å². The molecule has 0 saturated heterocycles. The first-order valence-electron chi connectivity index (χ1n) is 7.47. The molecule has 102 valence electrons. The van der Waals surface area contributed by atoms with Crippen LogP contribution in [0.1, 0.15) is 23.1 Å². The maximum Gasteiger partial charge on any atom is 0.124 e. The van der Waals surface area contributed by atoms with Crippen LogP contribution in [-0.4, -0.2) is 13.2 Å². The van der Waals surface area contributed by atoms with Crippen molar-refractivity contribution < 1.29 is 4.74 Å². The van der Waals surface area contributed by atoms with E-state index in [1.807, 2.05) is 0 Å². The molecule has 2 aliphatic heterocycles. The first-order valence-corrected chi connectivity index (χ1v) is 7.47. The molecule has 2 aliphatic rings. The van der Waals surface area contributed by atoms with Crippen LogP contribution in [0.15, 0.2) is 42.5 Å². The molecule has 0 unspecified atom stereocenters. The Labute approximate surface area is 120 Å². The van der Waals surface area contributed by atoms with Crippen LogP contribution < -0.4 is 9.64 Å². The maximum absolute atomic E-state index is 5.80. The van der Waals surface area contributed by atoms with Crippen molar-refractivity contribution in [2.24, 2.45) is 0 Å². The number of ether oxygens (including phenoxy) is 1. The topological polar surface area (TPSA) is 12.5 Å². The molecule has 20 heavy (non-hydrogen) atoms. The van der Waals surface area contributed by atoms with Crippen LogP contribution in [0, 0.1) is 0 Å². The van der Waals surface area contributed by atoms with Crippen LogP contribution in [0.3, 0.4) is 0 Å². The van der Waals surface area contributed by atoms with E-state index in [1.165, 1.54) is 22.4 Å². The van der Waals surface area contributed by atoms with Gasteiger partial charge in [-0.05, 0) is 42.0 Å². The summed E-state index contributed by atoms with van der Waals surface area (Å²) in [6.45, 7) is 2.96. The molecule has 0 bridgehead atoms. The predicted octanol–water partition coefficient (Wildman–Crippen LogP) is 3.57. The van der Waals surface area contributed by atoms with Crippen molar-refractivity contribution in [1.29, 1.82) is 0 Å². The first-order chi connectivity index (χ1) is 9.90. The number of hydrogen-bond donors (Lipinski definition) is 0. The number of rotatable bonds is 1. The Morgan fingerprint density at radius 1 is 0.900 bits per heavy atom. The van der Waals surface area contributed by atoms with E-state index >= 15 is 0 Å². The molecule has 2 heterocycles. The van der Waals surface area contributed by atoms with Gasteiger partial charge in [-0.1, -0.05) is 30.3 Å². The van der Waals surface area contributed by atoms with Gasteiger partial charge in [0.1, 0.15) is 5.75 Å². The van der Waals surface area contributed by atoms with Gasteiger partial charge >= 0.3 is 0 Å². The van der Waals surface area contributed by atoms with E-state index < -0.39 is 0 Å². The third-order valence-corrected chi connectivity index (χ3v) is 4.39. The minimum absolute atomic E-state index is 0.860. The zero-order valence-corrected chi connectivity index (χ0v) is 11.6. The van der Waals surface area contributed by atoms with E-state index in [9.17, 15) is 0 Å². The molecular weight excluding hydrogens is 246 g/mol. The fourth-order valence-corrected chi connectivity index (χ4v) is 3.24. The van der Waals surface area contributed by atoms with Crippen LogP contribution in [0.5, 0.6) is 5.75 Å². The van der Waals surface area contributed by atoms with Crippen LogP contribution in [-0.2, 0) is 19.4 Å². The van der Waals surface area contributed by atoms with Gasteiger partial charge in [0.15, 0.2) is 0 Å². The van der Waals surface area contributed by atoms with Crippen molar-refractivity contribution >= 4 is 5.69 Å². The third-order valence-electron chi connectivity index (χ3n) is 4.39. The minimum Gasteiger partial charge on any atom is -0.493 e. The van der Waals surface area contributed by atoms with Gasteiger partial charge in [-0.15, -0.1) is 0 Å². The summed E-state index contributed by atoms with van der Waals surface area (Å²) >= 11 is 0. The van der Waals surface area contributed by atoms with Crippen molar-refractivity contribution in [2.75, 3.05) is 18.1 Å². The average Bonchev–Trinajstić information content (AvgIpc) is 2.54. The van der Waals surface area contributed by atoms with E-state index in [0.717, 1.165) is 44.7 Å². The highest BCUT2D eigenvalue weighted by atomic mass is 16.5. The number of anilines is 1. The lowest BCUT2D eigenvalue weighted by molar-refractivity contribution is 0.288. The van der Waals surface area contributed by atoms with Crippen molar-refractivity contribution in [1.82, 2.24) is 0 Å². The average molecular weight is 265 g/mol. The predicted molar refractivity (Wildman–Crippen MR) is 81.5 cm³/mol. The fraction of sp³-hybridized carbons (Fsp3) is 0.333. The second-order valence-corrected chi connectivity index (χ2v) is 5.68. The molecule has 0 fully saturated rings. The summed E-state index contributed by atoms with van der Waals surface area (Å²) in [5.74, 6) is 1.09. The summed E-state index contributed by atoms with van der Waals surface area (Å²) in [4.78, 5) is 2.46. The largest absolute Gasteiger partial charge is 0.493 e. The van der Waals surface area contributed by atoms with Gasteiger partial charge in [0.25, 0.3) is 0 Å². The van der Waals surface area contributed by atoms with Crippen molar-refractivity contribution in [3.8, 4) is 5.75 Å². The molecule has 0 N–H and O–H groups in total.